The van der Waals surface area contributed by atoms with Crippen molar-refractivity contribution in [2.75, 3.05) is 19.8 Å². The molecule has 0 aromatic heterocycles. The molecule has 9 heteroatoms. The number of ether oxygens (including phenoxy) is 2. The number of hydrogen-bond donors (Lipinski definition) is 1. The molecule has 0 saturated carbocycles. The highest BCUT2D eigenvalue weighted by Gasteiger charge is 2.25. The minimum Gasteiger partial charge on any atom is -0.462 e. The lowest BCUT2D eigenvalue weighted by atomic mass is 10.1. The van der Waals surface area contributed by atoms with Crippen molar-refractivity contribution in [3.8, 4) is 0 Å². The van der Waals surface area contributed by atoms with Gasteiger partial charge in [-0.25, -0.2) is 4.57 Å². The molecule has 0 amide bonds. The predicted octanol–water partition coefficient (Wildman–Crippen LogP) is 11.4. The van der Waals surface area contributed by atoms with Crippen LogP contribution in [0.15, 0.2) is 72.9 Å². The van der Waals surface area contributed by atoms with Crippen LogP contribution in [0.3, 0.4) is 0 Å². The second kappa shape index (κ2) is 35.3. The van der Waals surface area contributed by atoms with Crippen LogP contribution in [-0.2, 0) is 32.7 Å². The van der Waals surface area contributed by atoms with E-state index >= 15 is 0 Å². The highest BCUT2D eigenvalue weighted by Crippen LogP contribution is 2.43. The van der Waals surface area contributed by atoms with E-state index in [1.54, 1.807) is 6.92 Å². The second-order valence-corrected chi connectivity index (χ2v) is 13.3. The van der Waals surface area contributed by atoms with E-state index in [0.29, 0.717) is 12.8 Å². The van der Waals surface area contributed by atoms with Crippen molar-refractivity contribution in [3.05, 3.63) is 72.9 Å². The van der Waals surface area contributed by atoms with Gasteiger partial charge in [-0.3, -0.25) is 18.6 Å². The molecular weight excluding hydrogens is 639 g/mol. The van der Waals surface area contributed by atoms with Crippen molar-refractivity contribution in [2.24, 2.45) is 0 Å². The maximum Gasteiger partial charge on any atom is 0.472 e. The average Bonchev–Trinajstić information content (AvgIpc) is 3.07. The van der Waals surface area contributed by atoms with Crippen LogP contribution in [-0.4, -0.2) is 42.8 Å². The van der Waals surface area contributed by atoms with E-state index in [0.717, 1.165) is 70.6 Å². The van der Waals surface area contributed by atoms with Gasteiger partial charge in [0, 0.05) is 12.8 Å². The van der Waals surface area contributed by atoms with Gasteiger partial charge in [-0.05, 0) is 84.0 Å². The Bertz CT molecular complexity index is 1030. The third-order valence-corrected chi connectivity index (χ3v) is 8.31. The molecule has 8 nitrogen and oxygen atoms in total. The zero-order valence-corrected chi connectivity index (χ0v) is 31.7. The van der Waals surface area contributed by atoms with Crippen molar-refractivity contribution in [2.45, 2.75) is 149 Å². The van der Waals surface area contributed by atoms with Crippen LogP contribution in [0.5, 0.6) is 0 Å². The van der Waals surface area contributed by atoms with Crippen LogP contribution >= 0.6 is 7.82 Å². The van der Waals surface area contributed by atoms with Crippen LogP contribution in [0, 0.1) is 0 Å². The Morgan fingerprint density at radius 2 is 1.06 bits per heavy atom. The van der Waals surface area contributed by atoms with Crippen LogP contribution in [0.2, 0.25) is 0 Å². The lowest BCUT2D eigenvalue weighted by Crippen LogP contribution is -2.29. The van der Waals surface area contributed by atoms with Crippen molar-refractivity contribution in [3.63, 3.8) is 0 Å². The third kappa shape index (κ3) is 35.1. The molecule has 0 heterocycles. The van der Waals surface area contributed by atoms with E-state index in [-0.39, 0.29) is 26.1 Å². The minimum atomic E-state index is -4.29. The molecule has 49 heavy (non-hydrogen) atoms. The highest BCUT2D eigenvalue weighted by molar-refractivity contribution is 7.47. The summed E-state index contributed by atoms with van der Waals surface area (Å²) in [6, 6.07) is 0. The number of unbranched alkanes of at least 4 members (excludes halogenated alkanes) is 9. The van der Waals surface area contributed by atoms with E-state index in [4.69, 9.17) is 18.5 Å². The standard InChI is InChI=1S/C40H67O8P/c1-4-7-9-11-13-15-17-19-20-21-22-23-25-27-29-31-33-35-40(42)48-38(37-47-49(43,44)46-6-3)36-45-39(41)34-32-30-28-26-24-18-16-14-12-10-8-5-2/h7,9,13-16,19-20,22-23,27,29,38H,4-6,8,10-12,17-18,21,24-26,28,30-37H2,1-3H3,(H,43,44)/b9-7-,15-13-,16-14-,20-19-,23-22-,29-27-. The van der Waals surface area contributed by atoms with Gasteiger partial charge in [0.05, 0.1) is 13.2 Å². The molecule has 280 valence electrons. The molecule has 0 aromatic carbocycles. The van der Waals surface area contributed by atoms with Crippen LogP contribution in [0.25, 0.3) is 0 Å². The first-order valence-electron chi connectivity index (χ1n) is 18.7. The minimum absolute atomic E-state index is 0.0151. The summed E-state index contributed by atoms with van der Waals surface area (Å²) in [5, 5.41) is 0. The van der Waals surface area contributed by atoms with E-state index in [9.17, 15) is 19.0 Å². The molecule has 0 aromatic rings. The van der Waals surface area contributed by atoms with Crippen molar-refractivity contribution in [1.82, 2.24) is 0 Å². The second-order valence-electron chi connectivity index (χ2n) is 11.9. The lowest BCUT2D eigenvalue weighted by Gasteiger charge is -2.19. The van der Waals surface area contributed by atoms with Gasteiger partial charge in [0.2, 0.25) is 0 Å². The molecule has 0 radical (unpaired) electrons. The highest BCUT2D eigenvalue weighted by atomic mass is 31.2. The van der Waals surface area contributed by atoms with Gasteiger partial charge in [-0.1, -0.05) is 119 Å². The van der Waals surface area contributed by atoms with E-state index < -0.39 is 32.5 Å². The molecule has 2 atom stereocenters. The zero-order chi connectivity index (χ0) is 36.1. The number of phosphoric acid groups is 1. The van der Waals surface area contributed by atoms with Crippen molar-refractivity contribution >= 4 is 19.8 Å². The number of esters is 2. The van der Waals surface area contributed by atoms with Gasteiger partial charge in [0.15, 0.2) is 6.10 Å². The Hall–Kier alpha value is -2.51. The Kier molecular flexibility index (Phi) is 33.5. The largest absolute Gasteiger partial charge is 0.472 e. The first-order valence-corrected chi connectivity index (χ1v) is 20.2. The molecule has 0 fully saturated rings. The first kappa shape index (κ1) is 46.5. The molecule has 0 aliphatic heterocycles. The van der Waals surface area contributed by atoms with E-state index in [1.807, 2.05) is 6.08 Å². The normalized spacial score (nSPS) is 14.3. The summed E-state index contributed by atoms with van der Waals surface area (Å²) in [7, 11) is -4.29. The summed E-state index contributed by atoms with van der Waals surface area (Å²) in [6.45, 7) is 5.22. The lowest BCUT2D eigenvalue weighted by molar-refractivity contribution is -0.161. The molecular formula is C40H67O8P. The van der Waals surface area contributed by atoms with Crippen molar-refractivity contribution in [1.29, 1.82) is 0 Å². The first-order chi connectivity index (χ1) is 23.8. The molecule has 1 N–H and O–H groups in total. The summed E-state index contributed by atoms with van der Waals surface area (Å²) in [4.78, 5) is 34.5. The molecule has 0 bridgehead atoms. The average molecular weight is 707 g/mol. The topological polar surface area (TPSA) is 108 Å². The van der Waals surface area contributed by atoms with Gasteiger partial charge in [0.1, 0.15) is 6.61 Å². The summed E-state index contributed by atoms with van der Waals surface area (Å²) < 4.78 is 32.4. The van der Waals surface area contributed by atoms with E-state index in [1.165, 1.54) is 25.7 Å². The SMILES string of the molecule is CC/C=C\C/C=C\C/C=C\C/C=C\C/C=C\CCCC(=O)OC(COC(=O)CCCCCCC/C=C\CCCCC)COP(=O)(O)OCC. The molecule has 0 spiro atoms. The van der Waals surface area contributed by atoms with E-state index in [2.05, 4.69) is 80.7 Å². The fourth-order valence-electron chi connectivity index (χ4n) is 4.54. The van der Waals surface area contributed by atoms with Crippen molar-refractivity contribution < 1.29 is 37.6 Å². The van der Waals surface area contributed by atoms with Crippen LogP contribution in [0.1, 0.15) is 143 Å². The zero-order valence-electron chi connectivity index (χ0n) is 30.8. The third-order valence-electron chi connectivity index (χ3n) is 7.25. The number of carbonyl (C=O) groups is 2. The maximum atomic E-state index is 12.5. The predicted molar refractivity (Wildman–Crippen MR) is 202 cm³/mol. The number of rotatable bonds is 33. The summed E-state index contributed by atoms with van der Waals surface area (Å²) in [5.41, 5.74) is 0. The van der Waals surface area contributed by atoms with Gasteiger partial charge in [-0.15, -0.1) is 0 Å². The Balaban J connectivity index is 4.31. The van der Waals surface area contributed by atoms with Crippen LogP contribution in [0.4, 0.5) is 0 Å². The molecule has 2 unspecified atom stereocenters. The molecule has 0 rings (SSSR count). The quantitative estimate of drug-likeness (QED) is 0.0311. The Morgan fingerprint density at radius 1 is 0.571 bits per heavy atom. The number of hydrogen-bond acceptors (Lipinski definition) is 7. The van der Waals surface area contributed by atoms with Gasteiger partial charge >= 0.3 is 19.8 Å². The van der Waals surface area contributed by atoms with Gasteiger partial charge in [-0.2, -0.15) is 0 Å². The maximum absolute atomic E-state index is 12.5. The van der Waals surface area contributed by atoms with Gasteiger partial charge < -0.3 is 14.4 Å². The molecule has 0 saturated heterocycles. The molecule has 0 aliphatic carbocycles. The smallest absolute Gasteiger partial charge is 0.462 e. The molecule has 0 aliphatic rings. The van der Waals surface area contributed by atoms with Gasteiger partial charge in [0.25, 0.3) is 0 Å². The number of carbonyl (C=O) groups excluding carboxylic acids is 2. The monoisotopic (exact) mass is 706 g/mol. The summed E-state index contributed by atoms with van der Waals surface area (Å²) in [5.74, 6) is -0.886. The van der Waals surface area contributed by atoms with Crippen LogP contribution < -0.4 is 0 Å². The Morgan fingerprint density at radius 3 is 1.65 bits per heavy atom. The Labute approximate surface area is 298 Å². The number of allylic oxidation sites excluding steroid dienone is 12. The summed E-state index contributed by atoms with van der Waals surface area (Å²) in [6.07, 6.45) is 42.5. The number of phosphoric ester groups is 1. The fraction of sp³-hybridized carbons (Fsp3) is 0.650. The fourth-order valence-corrected chi connectivity index (χ4v) is 5.29. The summed E-state index contributed by atoms with van der Waals surface area (Å²) >= 11 is 0.